The van der Waals surface area contributed by atoms with Gasteiger partial charge in [-0.25, -0.2) is 13.6 Å². The fourth-order valence-corrected chi connectivity index (χ4v) is 2.36. The highest BCUT2D eigenvalue weighted by atomic mass is 32.2. The SMILES string of the molecule is Cc1ccc(C)c(COc2ccc(S(N)(=O)=O)cc2)c1. The second kappa shape index (κ2) is 5.64. The molecule has 0 aliphatic carbocycles. The number of hydrogen-bond acceptors (Lipinski definition) is 3. The summed E-state index contributed by atoms with van der Waals surface area (Å²) in [6.07, 6.45) is 0. The Morgan fingerprint density at radius 1 is 1.05 bits per heavy atom. The van der Waals surface area contributed by atoms with E-state index in [-0.39, 0.29) is 4.90 Å². The van der Waals surface area contributed by atoms with Gasteiger partial charge in [0.1, 0.15) is 12.4 Å². The lowest BCUT2D eigenvalue weighted by molar-refractivity contribution is 0.305. The molecule has 0 aromatic heterocycles. The van der Waals surface area contributed by atoms with Gasteiger partial charge >= 0.3 is 0 Å². The minimum atomic E-state index is -3.65. The molecule has 2 aromatic rings. The van der Waals surface area contributed by atoms with Crippen LogP contribution in [0.4, 0.5) is 0 Å². The third kappa shape index (κ3) is 3.59. The topological polar surface area (TPSA) is 69.4 Å². The first-order chi connectivity index (χ1) is 9.36. The molecule has 2 rings (SSSR count). The Balaban J connectivity index is 2.10. The molecule has 0 atom stereocenters. The molecule has 20 heavy (non-hydrogen) atoms. The van der Waals surface area contributed by atoms with Crippen LogP contribution in [0.1, 0.15) is 16.7 Å². The molecule has 5 heteroatoms. The molecule has 0 heterocycles. The number of primary sulfonamides is 1. The number of hydrogen-bond donors (Lipinski definition) is 1. The second-order valence-corrected chi connectivity index (χ2v) is 6.30. The van der Waals surface area contributed by atoms with Gasteiger partial charge in [-0.3, -0.25) is 0 Å². The largest absolute Gasteiger partial charge is 0.489 e. The van der Waals surface area contributed by atoms with Crippen LogP contribution < -0.4 is 9.88 Å². The summed E-state index contributed by atoms with van der Waals surface area (Å²) in [5.41, 5.74) is 3.45. The summed E-state index contributed by atoms with van der Waals surface area (Å²) in [5, 5.41) is 5.04. The van der Waals surface area contributed by atoms with Crippen molar-refractivity contribution in [3.05, 3.63) is 59.2 Å². The Morgan fingerprint density at radius 2 is 1.70 bits per heavy atom. The first-order valence-corrected chi connectivity index (χ1v) is 7.73. The lowest BCUT2D eigenvalue weighted by atomic mass is 10.1. The van der Waals surface area contributed by atoms with Gasteiger partial charge in [0.15, 0.2) is 0 Å². The maximum atomic E-state index is 11.1. The van der Waals surface area contributed by atoms with E-state index in [0.717, 1.165) is 11.1 Å². The molecule has 0 saturated carbocycles. The van der Waals surface area contributed by atoms with Crippen molar-refractivity contribution in [2.75, 3.05) is 0 Å². The summed E-state index contributed by atoms with van der Waals surface area (Å²) in [6.45, 7) is 4.51. The van der Waals surface area contributed by atoms with Crippen LogP contribution in [0.25, 0.3) is 0 Å². The Bertz CT molecular complexity index is 706. The summed E-state index contributed by atoms with van der Waals surface area (Å²) in [4.78, 5) is 0.0802. The Labute approximate surface area is 119 Å². The van der Waals surface area contributed by atoms with E-state index < -0.39 is 10.0 Å². The molecule has 106 valence electrons. The van der Waals surface area contributed by atoms with E-state index in [4.69, 9.17) is 9.88 Å². The molecular weight excluding hydrogens is 274 g/mol. The normalized spacial score (nSPS) is 11.3. The van der Waals surface area contributed by atoms with Gasteiger partial charge in [0.05, 0.1) is 4.90 Å². The Morgan fingerprint density at radius 3 is 2.30 bits per heavy atom. The molecule has 0 bridgehead atoms. The van der Waals surface area contributed by atoms with Gasteiger partial charge in [-0.2, -0.15) is 0 Å². The maximum absolute atomic E-state index is 11.1. The van der Waals surface area contributed by atoms with Crippen LogP contribution in [0.15, 0.2) is 47.4 Å². The van der Waals surface area contributed by atoms with E-state index in [0.29, 0.717) is 12.4 Å². The van der Waals surface area contributed by atoms with Gasteiger partial charge in [0.25, 0.3) is 0 Å². The lowest BCUT2D eigenvalue weighted by Crippen LogP contribution is -2.11. The maximum Gasteiger partial charge on any atom is 0.238 e. The van der Waals surface area contributed by atoms with Crippen LogP contribution >= 0.6 is 0 Å². The van der Waals surface area contributed by atoms with Crippen molar-refractivity contribution in [1.29, 1.82) is 0 Å². The Kier molecular flexibility index (Phi) is 4.11. The number of aryl methyl sites for hydroxylation is 2. The van der Waals surface area contributed by atoms with Gasteiger partial charge in [0, 0.05) is 0 Å². The first kappa shape index (κ1) is 14.6. The zero-order valence-corrected chi connectivity index (χ0v) is 12.3. The highest BCUT2D eigenvalue weighted by molar-refractivity contribution is 7.89. The molecule has 0 aliphatic rings. The smallest absolute Gasteiger partial charge is 0.238 e. The highest BCUT2D eigenvalue weighted by Crippen LogP contribution is 2.18. The molecule has 0 spiro atoms. The van der Waals surface area contributed by atoms with Crippen molar-refractivity contribution < 1.29 is 13.2 Å². The number of ether oxygens (including phenoxy) is 1. The van der Waals surface area contributed by atoms with Crippen LogP contribution in [0.5, 0.6) is 5.75 Å². The summed E-state index contributed by atoms with van der Waals surface area (Å²) >= 11 is 0. The minimum absolute atomic E-state index is 0.0802. The van der Waals surface area contributed by atoms with E-state index in [9.17, 15) is 8.42 Å². The van der Waals surface area contributed by atoms with Crippen LogP contribution in [0.2, 0.25) is 0 Å². The van der Waals surface area contributed by atoms with Crippen LogP contribution in [-0.2, 0) is 16.6 Å². The molecular formula is C15H17NO3S. The average Bonchev–Trinajstić information content (AvgIpc) is 2.39. The van der Waals surface area contributed by atoms with Crippen molar-refractivity contribution in [3.8, 4) is 5.75 Å². The molecule has 2 N–H and O–H groups in total. The van der Waals surface area contributed by atoms with Crippen molar-refractivity contribution in [2.24, 2.45) is 5.14 Å². The van der Waals surface area contributed by atoms with Gasteiger partial charge in [-0.1, -0.05) is 23.8 Å². The number of nitrogens with two attached hydrogens (primary N) is 1. The van der Waals surface area contributed by atoms with E-state index >= 15 is 0 Å². The van der Waals surface area contributed by atoms with Gasteiger partial charge < -0.3 is 4.74 Å². The van der Waals surface area contributed by atoms with Crippen molar-refractivity contribution in [2.45, 2.75) is 25.3 Å². The van der Waals surface area contributed by atoms with Crippen LogP contribution in [0, 0.1) is 13.8 Å². The fourth-order valence-electron chi connectivity index (χ4n) is 1.84. The molecule has 0 aliphatic heterocycles. The molecule has 4 nitrogen and oxygen atoms in total. The number of rotatable bonds is 4. The van der Waals surface area contributed by atoms with Crippen LogP contribution in [0.3, 0.4) is 0 Å². The molecule has 0 saturated heterocycles. The molecule has 2 aromatic carbocycles. The van der Waals surface area contributed by atoms with Crippen molar-refractivity contribution >= 4 is 10.0 Å². The fraction of sp³-hybridized carbons (Fsp3) is 0.200. The monoisotopic (exact) mass is 291 g/mol. The average molecular weight is 291 g/mol. The lowest BCUT2D eigenvalue weighted by Gasteiger charge is -2.10. The van der Waals surface area contributed by atoms with Crippen molar-refractivity contribution in [1.82, 2.24) is 0 Å². The summed E-state index contributed by atoms with van der Waals surface area (Å²) in [7, 11) is -3.65. The van der Waals surface area contributed by atoms with E-state index in [1.165, 1.54) is 17.7 Å². The minimum Gasteiger partial charge on any atom is -0.489 e. The molecule has 0 fully saturated rings. The molecule has 0 amide bonds. The first-order valence-electron chi connectivity index (χ1n) is 6.18. The van der Waals surface area contributed by atoms with Crippen molar-refractivity contribution in [3.63, 3.8) is 0 Å². The highest BCUT2D eigenvalue weighted by Gasteiger charge is 2.07. The van der Waals surface area contributed by atoms with E-state index in [2.05, 4.69) is 18.2 Å². The summed E-state index contributed by atoms with van der Waals surface area (Å²) in [5.74, 6) is 0.610. The van der Waals surface area contributed by atoms with Crippen LogP contribution in [-0.4, -0.2) is 8.42 Å². The predicted molar refractivity (Wildman–Crippen MR) is 78.1 cm³/mol. The number of benzene rings is 2. The second-order valence-electron chi connectivity index (χ2n) is 4.74. The van der Waals surface area contributed by atoms with E-state index in [1.807, 2.05) is 13.8 Å². The predicted octanol–water partition coefficient (Wildman–Crippen LogP) is 2.53. The zero-order chi connectivity index (χ0) is 14.8. The van der Waals surface area contributed by atoms with Gasteiger partial charge in [-0.05, 0) is 49.2 Å². The third-order valence-corrected chi connectivity index (χ3v) is 3.98. The number of sulfonamides is 1. The molecule has 0 radical (unpaired) electrons. The standard InChI is InChI=1S/C15H17NO3S/c1-11-3-4-12(2)13(9-11)10-19-14-5-7-15(8-6-14)20(16,17)18/h3-9H,10H2,1-2H3,(H2,16,17,18). The van der Waals surface area contributed by atoms with E-state index in [1.54, 1.807) is 12.1 Å². The Hall–Kier alpha value is -1.85. The third-order valence-electron chi connectivity index (χ3n) is 3.05. The van der Waals surface area contributed by atoms with Gasteiger partial charge in [0.2, 0.25) is 10.0 Å². The zero-order valence-electron chi connectivity index (χ0n) is 11.5. The summed E-state index contributed by atoms with van der Waals surface area (Å²) in [6, 6.07) is 12.3. The van der Waals surface area contributed by atoms with Gasteiger partial charge in [-0.15, -0.1) is 0 Å². The summed E-state index contributed by atoms with van der Waals surface area (Å²) < 4.78 is 27.9. The molecule has 0 unspecified atom stereocenters. The quantitative estimate of drug-likeness (QED) is 0.941.